The molecule has 0 aromatic heterocycles. The van der Waals surface area contributed by atoms with Crippen LogP contribution in [0.5, 0.6) is 0 Å². The van der Waals surface area contributed by atoms with Gasteiger partial charge in [0.1, 0.15) is 0 Å². The van der Waals surface area contributed by atoms with E-state index >= 15 is 0 Å². The van der Waals surface area contributed by atoms with Crippen molar-refractivity contribution in [3.05, 3.63) is 0 Å². The van der Waals surface area contributed by atoms with Crippen LogP contribution in [0.4, 0.5) is 0 Å². The fourth-order valence-corrected chi connectivity index (χ4v) is 4.08. The van der Waals surface area contributed by atoms with Crippen molar-refractivity contribution >= 4 is 0 Å². The van der Waals surface area contributed by atoms with Crippen LogP contribution in [-0.2, 0) is 4.74 Å². The largest absolute Gasteiger partial charge is 0.381 e. The van der Waals surface area contributed by atoms with E-state index in [0.29, 0.717) is 5.41 Å². The molecule has 2 atom stereocenters. The third-order valence-corrected chi connectivity index (χ3v) is 5.65. The second-order valence-corrected chi connectivity index (χ2v) is 7.88. The maximum Gasteiger partial charge on any atom is 0.0484 e. The highest BCUT2D eigenvalue weighted by atomic mass is 16.5. The molecular formula is C17H34N2O. The summed E-state index contributed by atoms with van der Waals surface area (Å²) < 4.78 is 5.67. The zero-order valence-electron chi connectivity index (χ0n) is 13.8. The van der Waals surface area contributed by atoms with E-state index in [2.05, 4.69) is 25.7 Å². The number of hydrogen-bond donors (Lipinski definition) is 1. The van der Waals surface area contributed by atoms with Gasteiger partial charge in [0.2, 0.25) is 0 Å². The highest BCUT2D eigenvalue weighted by Gasteiger charge is 2.38. The smallest absolute Gasteiger partial charge is 0.0484 e. The summed E-state index contributed by atoms with van der Waals surface area (Å²) in [6.07, 6.45) is 7.51. The normalized spacial score (nSPS) is 34.5. The van der Waals surface area contributed by atoms with E-state index in [1.165, 1.54) is 38.8 Å². The van der Waals surface area contributed by atoms with Crippen molar-refractivity contribution in [1.29, 1.82) is 0 Å². The third kappa shape index (κ3) is 3.75. The van der Waals surface area contributed by atoms with Crippen LogP contribution >= 0.6 is 0 Å². The van der Waals surface area contributed by atoms with E-state index < -0.39 is 0 Å². The van der Waals surface area contributed by atoms with Crippen molar-refractivity contribution in [2.75, 3.05) is 32.8 Å². The second-order valence-electron chi connectivity index (χ2n) is 7.88. The van der Waals surface area contributed by atoms with Crippen LogP contribution in [0.15, 0.2) is 0 Å². The summed E-state index contributed by atoms with van der Waals surface area (Å²) in [6, 6.07) is 0. The van der Waals surface area contributed by atoms with Gasteiger partial charge in [-0.1, -0.05) is 20.8 Å². The van der Waals surface area contributed by atoms with Gasteiger partial charge < -0.3 is 10.5 Å². The van der Waals surface area contributed by atoms with Gasteiger partial charge in [0.15, 0.2) is 0 Å². The van der Waals surface area contributed by atoms with Gasteiger partial charge in [0.05, 0.1) is 0 Å². The maximum absolute atomic E-state index is 6.21. The van der Waals surface area contributed by atoms with Crippen molar-refractivity contribution in [1.82, 2.24) is 4.90 Å². The first-order chi connectivity index (χ1) is 9.48. The maximum atomic E-state index is 6.21. The van der Waals surface area contributed by atoms with E-state index in [9.17, 15) is 0 Å². The summed E-state index contributed by atoms with van der Waals surface area (Å²) in [7, 11) is 0. The molecule has 2 N–H and O–H groups in total. The standard InChI is InChI=1S/C17H34N2O/c1-16(2,3)15-6-4-10-19(11-7-15)17(14-18)8-5-12-20-13-9-17/h15H,4-14,18H2,1-3H3. The van der Waals surface area contributed by atoms with Crippen molar-refractivity contribution in [2.45, 2.75) is 64.8 Å². The first kappa shape index (κ1) is 16.3. The van der Waals surface area contributed by atoms with Crippen LogP contribution in [0.3, 0.4) is 0 Å². The van der Waals surface area contributed by atoms with E-state index in [1.54, 1.807) is 0 Å². The molecule has 2 unspecified atom stereocenters. The van der Waals surface area contributed by atoms with Gasteiger partial charge in [0, 0.05) is 25.3 Å². The number of ether oxygens (including phenoxy) is 1. The summed E-state index contributed by atoms with van der Waals surface area (Å²) in [5.41, 5.74) is 6.87. The molecule has 20 heavy (non-hydrogen) atoms. The predicted octanol–water partition coefficient (Wildman–Crippen LogP) is 3.03. The van der Waals surface area contributed by atoms with E-state index in [1.807, 2.05) is 0 Å². The van der Waals surface area contributed by atoms with Gasteiger partial charge in [-0.2, -0.15) is 0 Å². The van der Waals surface area contributed by atoms with Crippen molar-refractivity contribution < 1.29 is 4.74 Å². The van der Waals surface area contributed by atoms with E-state index in [0.717, 1.165) is 38.5 Å². The topological polar surface area (TPSA) is 38.5 Å². The summed E-state index contributed by atoms with van der Waals surface area (Å²) in [6.45, 7) is 12.2. The molecule has 0 aliphatic carbocycles. The Morgan fingerprint density at radius 1 is 1.10 bits per heavy atom. The van der Waals surface area contributed by atoms with Crippen LogP contribution in [-0.4, -0.2) is 43.3 Å². The lowest BCUT2D eigenvalue weighted by molar-refractivity contribution is 0.0669. The highest BCUT2D eigenvalue weighted by molar-refractivity contribution is 4.94. The van der Waals surface area contributed by atoms with Gasteiger partial charge in [-0.05, 0) is 62.9 Å². The molecule has 2 aliphatic heterocycles. The first-order valence-corrected chi connectivity index (χ1v) is 8.51. The summed E-state index contributed by atoms with van der Waals surface area (Å²) in [5.74, 6) is 0.851. The molecular weight excluding hydrogens is 248 g/mol. The Kier molecular flexibility index (Phi) is 5.49. The zero-order valence-corrected chi connectivity index (χ0v) is 13.8. The Hall–Kier alpha value is -0.120. The van der Waals surface area contributed by atoms with E-state index in [4.69, 9.17) is 10.5 Å². The lowest BCUT2D eigenvalue weighted by Gasteiger charge is -2.42. The SMILES string of the molecule is CC(C)(C)C1CCCN(C2(CN)CCCOCC2)CC1. The molecule has 0 radical (unpaired) electrons. The quantitative estimate of drug-likeness (QED) is 0.846. The number of likely N-dealkylation sites (tertiary alicyclic amines) is 1. The van der Waals surface area contributed by atoms with Crippen LogP contribution in [0.2, 0.25) is 0 Å². The molecule has 3 heteroatoms. The van der Waals surface area contributed by atoms with Gasteiger partial charge in [-0.3, -0.25) is 4.90 Å². The Balaban J connectivity index is 2.04. The minimum absolute atomic E-state index is 0.212. The lowest BCUT2D eigenvalue weighted by atomic mass is 9.76. The molecule has 3 nitrogen and oxygen atoms in total. The number of hydrogen-bond acceptors (Lipinski definition) is 3. The van der Waals surface area contributed by atoms with Gasteiger partial charge in [-0.25, -0.2) is 0 Å². The molecule has 0 spiro atoms. The molecule has 0 amide bonds. The van der Waals surface area contributed by atoms with E-state index in [-0.39, 0.29) is 5.54 Å². The number of nitrogens with zero attached hydrogens (tertiary/aromatic N) is 1. The Morgan fingerprint density at radius 3 is 2.60 bits per heavy atom. The fourth-order valence-electron chi connectivity index (χ4n) is 4.08. The number of nitrogens with two attached hydrogens (primary N) is 1. The average molecular weight is 282 g/mol. The van der Waals surface area contributed by atoms with Crippen LogP contribution in [0.1, 0.15) is 59.3 Å². The molecule has 118 valence electrons. The second kappa shape index (κ2) is 6.76. The third-order valence-electron chi connectivity index (χ3n) is 5.65. The summed E-state index contributed by atoms with van der Waals surface area (Å²) in [4.78, 5) is 2.72. The minimum Gasteiger partial charge on any atom is -0.381 e. The first-order valence-electron chi connectivity index (χ1n) is 8.51. The fraction of sp³-hybridized carbons (Fsp3) is 1.00. The van der Waals surface area contributed by atoms with Crippen LogP contribution in [0, 0.1) is 11.3 Å². The van der Waals surface area contributed by atoms with Crippen LogP contribution < -0.4 is 5.73 Å². The molecule has 2 aliphatic rings. The van der Waals surface area contributed by atoms with Crippen LogP contribution in [0.25, 0.3) is 0 Å². The van der Waals surface area contributed by atoms with Gasteiger partial charge in [-0.15, -0.1) is 0 Å². The molecule has 2 saturated heterocycles. The zero-order chi connectivity index (χ0) is 14.6. The number of rotatable bonds is 2. The van der Waals surface area contributed by atoms with Crippen molar-refractivity contribution in [3.63, 3.8) is 0 Å². The Bertz CT molecular complexity index is 290. The van der Waals surface area contributed by atoms with Crippen molar-refractivity contribution in [3.8, 4) is 0 Å². The highest BCUT2D eigenvalue weighted by Crippen LogP contribution is 2.37. The molecule has 2 rings (SSSR count). The molecule has 0 aromatic rings. The summed E-state index contributed by atoms with van der Waals surface area (Å²) in [5, 5.41) is 0. The summed E-state index contributed by atoms with van der Waals surface area (Å²) >= 11 is 0. The Morgan fingerprint density at radius 2 is 1.90 bits per heavy atom. The Labute approximate surface area is 125 Å². The average Bonchev–Trinajstić information content (AvgIpc) is 2.79. The monoisotopic (exact) mass is 282 g/mol. The van der Waals surface area contributed by atoms with Gasteiger partial charge in [0.25, 0.3) is 0 Å². The van der Waals surface area contributed by atoms with Crippen molar-refractivity contribution in [2.24, 2.45) is 17.1 Å². The van der Waals surface area contributed by atoms with Gasteiger partial charge >= 0.3 is 0 Å². The molecule has 2 heterocycles. The molecule has 0 aromatic carbocycles. The molecule has 2 fully saturated rings. The molecule has 0 bridgehead atoms. The molecule has 0 saturated carbocycles. The lowest BCUT2D eigenvalue weighted by Crippen LogP contribution is -2.54. The predicted molar refractivity (Wildman–Crippen MR) is 84.8 cm³/mol. The minimum atomic E-state index is 0.212.